The van der Waals surface area contributed by atoms with Crippen molar-refractivity contribution in [2.75, 3.05) is 11.9 Å². The van der Waals surface area contributed by atoms with Crippen LogP contribution in [0.15, 0.2) is 71.3 Å². The number of nitrogens with zero attached hydrogens (tertiary/aromatic N) is 2. The predicted octanol–water partition coefficient (Wildman–Crippen LogP) is 5.20. The van der Waals surface area contributed by atoms with Crippen LogP contribution >= 0.6 is 0 Å². The van der Waals surface area contributed by atoms with Crippen molar-refractivity contribution in [2.24, 2.45) is 0 Å². The van der Waals surface area contributed by atoms with Crippen LogP contribution in [0.5, 0.6) is 0 Å². The predicted molar refractivity (Wildman–Crippen MR) is 121 cm³/mol. The third-order valence-corrected chi connectivity index (χ3v) is 5.03. The summed E-state index contributed by atoms with van der Waals surface area (Å²) in [7, 11) is 0. The van der Waals surface area contributed by atoms with E-state index in [2.05, 4.69) is 5.32 Å². The number of carbonyl (C=O) groups is 2. The van der Waals surface area contributed by atoms with Crippen LogP contribution in [0.25, 0.3) is 0 Å². The number of rotatable bonds is 8. The van der Waals surface area contributed by atoms with Crippen LogP contribution in [0, 0.1) is 12.7 Å². The zero-order valence-corrected chi connectivity index (χ0v) is 18.5. The molecule has 0 aliphatic heterocycles. The fourth-order valence-electron chi connectivity index (χ4n) is 3.29. The first kappa shape index (κ1) is 23.1. The number of hydrogen-bond acceptors (Lipinski definition) is 3. The summed E-state index contributed by atoms with van der Waals surface area (Å²) in [5.74, 6) is 0.0519. The Bertz CT molecular complexity index is 1030. The van der Waals surface area contributed by atoms with Crippen LogP contribution < -0.4 is 5.32 Å². The Morgan fingerprint density at radius 3 is 2.41 bits per heavy atom. The Labute approximate surface area is 187 Å². The maximum absolute atomic E-state index is 13.3. The zero-order chi connectivity index (χ0) is 23.1. The minimum Gasteiger partial charge on any atom is -0.467 e. The molecule has 3 amide bonds. The van der Waals surface area contributed by atoms with Crippen molar-refractivity contribution in [2.45, 2.75) is 39.9 Å². The first-order valence-corrected chi connectivity index (χ1v) is 10.5. The Morgan fingerprint density at radius 1 is 1.03 bits per heavy atom. The van der Waals surface area contributed by atoms with Gasteiger partial charge in [0.2, 0.25) is 5.91 Å². The van der Waals surface area contributed by atoms with Crippen LogP contribution in [-0.4, -0.2) is 34.3 Å². The van der Waals surface area contributed by atoms with Crippen LogP contribution in [0.3, 0.4) is 0 Å². The first-order chi connectivity index (χ1) is 15.3. The van der Waals surface area contributed by atoms with Gasteiger partial charge in [0.25, 0.3) is 0 Å². The zero-order valence-electron chi connectivity index (χ0n) is 18.5. The molecule has 0 unspecified atom stereocenters. The fourth-order valence-corrected chi connectivity index (χ4v) is 3.29. The largest absolute Gasteiger partial charge is 0.467 e. The third-order valence-electron chi connectivity index (χ3n) is 5.03. The van der Waals surface area contributed by atoms with E-state index in [0.29, 0.717) is 11.4 Å². The topological polar surface area (TPSA) is 65.8 Å². The fraction of sp³-hybridized carbons (Fsp3) is 0.280. The van der Waals surface area contributed by atoms with Crippen molar-refractivity contribution in [3.8, 4) is 0 Å². The number of carbonyl (C=O) groups excluding carboxylic acids is 2. The van der Waals surface area contributed by atoms with Gasteiger partial charge in [-0.2, -0.15) is 0 Å². The molecule has 0 fully saturated rings. The van der Waals surface area contributed by atoms with Crippen LogP contribution in [-0.2, 0) is 17.9 Å². The number of nitrogens with one attached hydrogen (secondary N) is 1. The van der Waals surface area contributed by atoms with Gasteiger partial charge in [0.1, 0.15) is 18.1 Å². The van der Waals surface area contributed by atoms with Gasteiger partial charge in [-0.15, -0.1) is 0 Å². The third kappa shape index (κ3) is 6.44. The SMILES string of the molecule is Cc1cccc(NC(=O)N(CC(=O)N(Cc2ccc(F)cc2)Cc2ccco2)C(C)C)c1. The normalized spacial score (nSPS) is 10.8. The number of hydrogen-bond donors (Lipinski definition) is 1. The van der Waals surface area contributed by atoms with E-state index < -0.39 is 0 Å². The number of amides is 3. The minimum absolute atomic E-state index is 0.1000. The second-order valence-corrected chi connectivity index (χ2v) is 7.98. The smallest absolute Gasteiger partial charge is 0.322 e. The summed E-state index contributed by atoms with van der Waals surface area (Å²) in [5, 5.41) is 2.87. The van der Waals surface area contributed by atoms with Gasteiger partial charge in [0, 0.05) is 18.3 Å². The Hall–Kier alpha value is -3.61. The van der Waals surface area contributed by atoms with Gasteiger partial charge in [0.15, 0.2) is 0 Å². The van der Waals surface area contributed by atoms with E-state index in [1.165, 1.54) is 17.0 Å². The molecule has 3 aromatic rings. The number of benzene rings is 2. The van der Waals surface area contributed by atoms with E-state index in [1.807, 2.05) is 45.0 Å². The number of aryl methyl sites for hydroxylation is 1. The molecule has 0 aliphatic rings. The molecule has 0 radical (unpaired) electrons. The van der Waals surface area contributed by atoms with Gasteiger partial charge in [-0.05, 0) is 68.3 Å². The number of furan rings is 1. The summed E-state index contributed by atoms with van der Waals surface area (Å²) < 4.78 is 18.7. The lowest BCUT2D eigenvalue weighted by atomic mass is 10.2. The van der Waals surface area contributed by atoms with Gasteiger partial charge in [0.05, 0.1) is 12.8 Å². The second kappa shape index (κ2) is 10.6. The van der Waals surface area contributed by atoms with E-state index in [1.54, 1.807) is 35.4 Å². The molecular formula is C25H28FN3O3. The van der Waals surface area contributed by atoms with Gasteiger partial charge < -0.3 is 19.5 Å². The highest BCUT2D eigenvalue weighted by molar-refractivity contribution is 5.92. The first-order valence-electron chi connectivity index (χ1n) is 10.5. The van der Waals surface area contributed by atoms with Gasteiger partial charge in [-0.1, -0.05) is 24.3 Å². The number of urea groups is 1. The van der Waals surface area contributed by atoms with Gasteiger partial charge in [-0.3, -0.25) is 4.79 Å². The molecule has 0 saturated heterocycles. The molecule has 0 aliphatic carbocycles. The van der Waals surface area contributed by atoms with Gasteiger partial charge >= 0.3 is 6.03 Å². The Balaban J connectivity index is 1.74. The molecule has 0 atom stereocenters. The van der Waals surface area contributed by atoms with E-state index in [0.717, 1.165) is 11.1 Å². The molecule has 0 spiro atoms. The molecule has 168 valence electrons. The standard InChI is InChI=1S/C25H28FN3O3/c1-18(2)29(25(31)27-22-7-4-6-19(3)14-22)17-24(30)28(16-23-8-5-13-32-23)15-20-9-11-21(26)12-10-20/h4-14,18H,15-17H2,1-3H3,(H,27,31). The molecule has 1 N–H and O–H groups in total. The molecular weight excluding hydrogens is 409 g/mol. The molecule has 3 rings (SSSR count). The number of halogens is 1. The second-order valence-electron chi connectivity index (χ2n) is 7.98. The number of anilines is 1. The molecule has 0 bridgehead atoms. The van der Waals surface area contributed by atoms with Crippen molar-refractivity contribution in [1.82, 2.24) is 9.80 Å². The molecule has 2 aromatic carbocycles. The molecule has 32 heavy (non-hydrogen) atoms. The molecule has 6 nitrogen and oxygen atoms in total. The quantitative estimate of drug-likeness (QED) is 0.527. The monoisotopic (exact) mass is 437 g/mol. The lowest BCUT2D eigenvalue weighted by Crippen LogP contribution is -2.47. The Kier molecular flexibility index (Phi) is 7.65. The maximum Gasteiger partial charge on any atom is 0.322 e. The lowest BCUT2D eigenvalue weighted by Gasteiger charge is -2.30. The van der Waals surface area contributed by atoms with Crippen molar-refractivity contribution in [3.63, 3.8) is 0 Å². The van der Waals surface area contributed by atoms with E-state index in [9.17, 15) is 14.0 Å². The summed E-state index contributed by atoms with van der Waals surface area (Å²) in [6.07, 6.45) is 1.55. The van der Waals surface area contributed by atoms with Crippen molar-refractivity contribution >= 4 is 17.6 Å². The Morgan fingerprint density at radius 2 is 1.78 bits per heavy atom. The molecule has 1 heterocycles. The highest BCUT2D eigenvalue weighted by Gasteiger charge is 2.24. The average Bonchev–Trinajstić information content (AvgIpc) is 3.26. The highest BCUT2D eigenvalue weighted by Crippen LogP contribution is 2.15. The lowest BCUT2D eigenvalue weighted by molar-refractivity contribution is -0.133. The van der Waals surface area contributed by atoms with Crippen LogP contribution in [0.4, 0.5) is 14.9 Å². The summed E-state index contributed by atoms with van der Waals surface area (Å²) in [6, 6.07) is 16.5. The summed E-state index contributed by atoms with van der Waals surface area (Å²) >= 11 is 0. The van der Waals surface area contributed by atoms with Crippen LogP contribution in [0.2, 0.25) is 0 Å². The minimum atomic E-state index is -0.348. The van der Waals surface area contributed by atoms with Crippen LogP contribution in [0.1, 0.15) is 30.7 Å². The van der Waals surface area contributed by atoms with Crippen molar-refractivity contribution in [3.05, 3.63) is 89.6 Å². The van der Waals surface area contributed by atoms with Gasteiger partial charge in [-0.25, -0.2) is 9.18 Å². The maximum atomic E-state index is 13.3. The average molecular weight is 438 g/mol. The van der Waals surface area contributed by atoms with E-state index in [-0.39, 0.29) is 43.4 Å². The van der Waals surface area contributed by atoms with Crippen molar-refractivity contribution in [1.29, 1.82) is 0 Å². The molecule has 1 aromatic heterocycles. The molecule has 0 saturated carbocycles. The van der Waals surface area contributed by atoms with Crippen molar-refractivity contribution < 1.29 is 18.4 Å². The van der Waals surface area contributed by atoms with E-state index in [4.69, 9.17) is 4.42 Å². The highest BCUT2D eigenvalue weighted by atomic mass is 19.1. The van der Waals surface area contributed by atoms with E-state index >= 15 is 0 Å². The summed E-state index contributed by atoms with van der Waals surface area (Å²) in [6.45, 7) is 6.08. The summed E-state index contributed by atoms with van der Waals surface area (Å²) in [4.78, 5) is 29.3. The molecule has 7 heteroatoms. The summed E-state index contributed by atoms with van der Waals surface area (Å²) in [5.41, 5.74) is 2.48.